The molecule has 0 aromatic rings. The molecule has 16 heavy (non-hydrogen) atoms. The highest BCUT2D eigenvalue weighted by Crippen LogP contribution is 2.12. The smallest absolute Gasteiger partial charge is 0.353 e. The van der Waals surface area contributed by atoms with Crippen molar-refractivity contribution >= 4 is 17.7 Å². The molecule has 5 nitrogen and oxygen atoms in total. The molecule has 1 N–H and O–H groups in total. The van der Waals surface area contributed by atoms with Gasteiger partial charge in [-0.25, -0.2) is 4.79 Å². The third kappa shape index (κ3) is 4.10. The Labute approximate surface area is 94.8 Å². The zero-order chi connectivity index (χ0) is 12.8. The average Bonchev–Trinajstić information content (AvgIpc) is 2.18. The average molecular weight is 230 g/mol. The van der Waals surface area contributed by atoms with Gasteiger partial charge in [0.1, 0.15) is 0 Å². The Morgan fingerprint density at radius 1 is 1.12 bits per heavy atom. The van der Waals surface area contributed by atoms with Crippen LogP contribution in [0.15, 0.2) is 0 Å². The van der Waals surface area contributed by atoms with Gasteiger partial charge in [0.2, 0.25) is 5.60 Å². The standard InChI is InChI=1S/C11H18O5/c1-4-6-8(12)11(3,15)10(14)16-9(13)7-5-2/h15H,4-7H2,1-3H3. The van der Waals surface area contributed by atoms with Gasteiger partial charge in [-0.2, -0.15) is 0 Å². The lowest BCUT2D eigenvalue weighted by Gasteiger charge is -2.18. The van der Waals surface area contributed by atoms with E-state index in [4.69, 9.17) is 0 Å². The van der Waals surface area contributed by atoms with E-state index in [1.807, 2.05) is 0 Å². The summed E-state index contributed by atoms with van der Waals surface area (Å²) in [4.78, 5) is 33.8. The Morgan fingerprint density at radius 3 is 2.06 bits per heavy atom. The Hall–Kier alpha value is -1.23. The Kier molecular flexibility index (Phi) is 5.88. The number of ether oxygens (including phenoxy) is 1. The van der Waals surface area contributed by atoms with Crippen molar-refractivity contribution in [3.05, 3.63) is 0 Å². The number of rotatable bonds is 6. The molecule has 1 unspecified atom stereocenters. The van der Waals surface area contributed by atoms with Gasteiger partial charge >= 0.3 is 11.9 Å². The predicted molar refractivity (Wildman–Crippen MR) is 56.5 cm³/mol. The lowest BCUT2D eigenvalue weighted by atomic mass is 9.98. The van der Waals surface area contributed by atoms with E-state index in [0.29, 0.717) is 12.8 Å². The second-order valence-corrected chi connectivity index (χ2v) is 3.76. The van der Waals surface area contributed by atoms with E-state index < -0.39 is 23.3 Å². The second-order valence-electron chi connectivity index (χ2n) is 3.76. The van der Waals surface area contributed by atoms with Crippen molar-refractivity contribution in [1.29, 1.82) is 0 Å². The first kappa shape index (κ1) is 14.8. The molecule has 0 amide bonds. The number of aliphatic hydroxyl groups is 1. The molecule has 1 atom stereocenters. The summed E-state index contributed by atoms with van der Waals surface area (Å²) in [5.41, 5.74) is -2.22. The first-order valence-electron chi connectivity index (χ1n) is 5.37. The maximum Gasteiger partial charge on any atom is 0.353 e. The maximum atomic E-state index is 11.4. The van der Waals surface area contributed by atoms with E-state index in [1.54, 1.807) is 13.8 Å². The molecular formula is C11H18O5. The number of hydrogen-bond donors (Lipinski definition) is 1. The van der Waals surface area contributed by atoms with Crippen LogP contribution >= 0.6 is 0 Å². The van der Waals surface area contributed by atoms with Crippen LogP contribution in [0.5, 0.6) is 0 Å². The molecule has 0 aliphatic rings. The van der Waals surface area contributed by atoms with Crippen LogP contribution in [0.25, 0.3) is 0 Å². The SMILES string of the molecule is CCCC(=O)OC(=O)C(C)(O)C(=O)CCC. The van der Waals surface area contributed by atoms with Gasteiger partial charge in [-0.1, -0.05) is 13.8 Å². The fourth-order valence-electron chi connectivity index (χ4n) is 1.04. The summed E-state index contributed by atoms with van der Waals surface area (Å²) in [6, 6.07) is 0. The summed E-state index contributed by atoms with van der Waals surface area (Å²) in [6.07, 6.45) is 1.22. The predicted octanol–water partition coefficient (Wildman–Crippen LogP) is 0.976. The summed E-state index contributed by atoms with van der Waals surface area (Å²) < 4.78 is 4.37. The molecule has 0 saturated carbocycles. The second kappa shape index (κ2) is 6.37. The molecule has 0 saturated heterocycles. The quantitative estimate of drug-likeness (QED) is 0.543. The molecule has 0 aliphatic heterocycles. The molecule has 0 aromatic heterocycles. The van der Waals surface area contributed by atoms with Crippen molar-refractivity contribution in [3.8, 4) is 0 Å². The van der Waals surface area contributed by atoms with Crippen LogP contribution in [0.2, 0.25) is 0 Å². The molecule has 92 valence electrons. The highest BCUT2D eigenvalue weighted by molar-refractivity contribution is 6.08. The number of Topliss-reactive ketones (excluding diaryl/α,β-unsaturated/α-hetero) is 1. The first-order valence-corrected chi connectivity index (χ1v) is 5.37. The van der Waals surface area contributed by atoms with Gasteiger partial charge in [0.25, 0.3) is 0 Å². The number of hydrogen-bond acceptors (Lipinski definition) is 5. The van der Waals surface area contributed by atoms with Crippen LogP contribution in [0.1, 0.15) is 46.5 Å². The Bertz CT molecular complexity index is 280. The summed E-state index contributed by atoms with van der Waals surface area (Å²) in [5.74, 6) is -2.55. The minimum atomic E-state index is -2.22. The topological polar surface area (TPSA) is 80.7 Å². The van der Waals surface area contributed by atoms with Crippen molar-refractivity contribution in [2.24, 2.45) is 0 Å². The third-order valence-corrected chi connectivity index (χ3v) is 2.08. The largest absolute Gasteiger partial charge is 0.391 e. The molecule has 0 bridgehead atoms. The number of ketones is 1. The van der Waals surface area contributed by atoms with E-state index in [2.05, 4.69) is 4.74 Å². The van der Waals surface area contributed by atoms with E-state index >= 15 is 0 Å². The van der Waals surface area contributed by atoms with Gasteiger partial charge in [0, 0.05) is 12.8 Å². The molecule has 0 spiro atoms. The van der Waals surface area contributed by atoms with Crippen molar-refractivity contribution in [2.45, 2.75) is 52.1 Å². The molecule has 0 aliphatic carbocycles. The summed E-state index contributed by atoms with van der Waals surface area (Å²) in [5, 5.41) is 9.62. The van der Waals surface area contributed by atoms with Gasteiger partial charge in [0.05, 0.1) is 0 Å². The van der Waals surface area contributed by atoms with Crippen LogP contribution in [0, 0.1) is 0 Å². The lowest BCUT2D eigenvalue weighted by molar-refractivity contribution is -0.175. The molecule has 0 rings (SSSR count). The van der Waals surface area contributed by atoms with E-state index in [0.717, 1.165) is 6.92 Å². The van der Waals surface area contributed by atoms with Crippen molar-refractivity contribution in [1.82, 2.24) is 0 Å². The van der Waals surface area contributed by atoms with E-state index in [9.17, 15) is 19.5 Å². The highest BCUT2D eigenvalue weighted by Gasteiger charge is 2.40. The van der Waals surface area contributed by atoms with Crippen molar-refractivity contribution in [3.63, 3.8) is 0 Å². The molecule has 0 aromatic carbocycles. The van der Waals surface area contributed by atoms with Crippen molar-refractivity contribution < 1.29 is 24.2 Å². The van der Waals surface area contributed by atoms with Gasteiger partial charge in [0.15, 0.2) is 5.78 Å². The van der Waals surface area contributed by atoms with Crippen molar-refractivity contribution in [2.75, 3.05) is 0 Å². The number of carbonyl (C=O) groups is 3. The fourth-order valence-corrected chi connectivity index (χ4v) is 1.04. The van der Waals surface area contributed by atoms with Gasteiger partial charge in [-0.05, 0) is 19.8 Å². The molecular weight excluding hydrogens is 212 g/mol. The fraction of sp³-hybridized carbons (Fsp3) is 0.727. The highest BCUT2D eigenvalue weighted by atomic mass is 16.6. The van der Waals surface area contributed by atoms with Gasteiger partial charge in [-0.15, -0.1) is 0 Å². The minimum absolute atomic E-state index is 0.0735. The van der Waals surface area contributed by atoms with Crippen LogP contribution in [-0.4, -0.2) is 28.4 Å². The lowest BCUT2D eigenvalue weighted by Crippen LogP contribution is -2.45. The summed E-state index contributed by atoms with van der Waals surface area (Å²) in [6.45, 7) is 4.56. The first-order chi connectivity index (χ1) is 7.36. The maximum absolute atomic E-state index is 11.4. The summed E-state index contributed by atoms with van der Waals surface area (Å²) in [7, 11) is 0. The van der Waals surface area contributed by atoms with Gasteiger partial charge in [-0.3, -0.25) is 9.59 Å². The van der Waals surface area contributed by atoms with Gasteiger partial charge < -0.3 is 9.84 Å². The molecule has 0 heterocycles. The zero-order valence-electron chi connectivity index (χ0n) is 9.91. The zero-order valence-corrected chi connectivity index (χ0v) is 9.91. The molecule has 0 radical (unpaired) electrons. The van der Waals surface area contributed by atoms with Crippen LogP contribution < -0.4 is 0 Å². The molecule has 0 fully saturated rings. The number of esters is 2. The van der Waals surface area contributed by atoms with E-state index in [-0.39, 0.29) is 12.8 Å². The molecule has 5 heteroatoms. The number of carbonyl (C=O) groups excluding carboxylic acids is 3. The normalized spacial score (nSPS) is 14.0. The monoisotopic (exact) mass is 230 g/mol. The Balaban J connectivity index is 4.46. The minimum Gasteiger partial charge on any atom is -0.391 e. The van der Waals surface area contributed by atoms with Crippen LogP contribution in [-0.2, 0) is 19.1 Å². The summed E-state index contributed by atoms with van der Waals surface area (Å²) >= 11 is 0. The van der Waals surface area contributed by atoms with Crippen LogP contribution in [0.4, 0.5) is 0 Å². The Morgan fingerprint density at radius 2 is 1.62 bits per heavy atom. The third-order valence-electron chi connectivity index (χ3n) is 2.08. The van der Waals surface area contributed by atoms with E-state index in [1.165, 1.54) is 0 Å². The van der Waals surface area contributed by atoms with Crippen LogP contribution in [0.3, 0.4) is 0 Å².